The fourth-order valence-corrected chi connectivity index (χ4v) is 1.29. The zero-order chi connectivity index (χ0) is 12.1. The van der Waals surface area contributed by atoms with E-state index in [4.69, 9.17) is 5.11 Å². The Kier molecular flexibility index (Phi) is 3.29. The van der Waals surface area contributed by atoms with Crippen LogP contribution in [0.3, 0.4) is 0 Å². The molecule has 7 heteroatoms. The molecule has 0 aliphatic rings. The number of aromatic carboxylic acids is 1. The lowest BCUT2D eigenvalue weighted by atomic mass is 10.4. The van der Waals surface area contributed by atoms with Crippen LogP contribution in [-0.2, 0) is 6.54 Å². The highest BCUT2D eigenvalue weighted by Gasteiger charge is 2.05. The van der Waals surface area contributed by atoms with E-state index >= 15 is 0 Å². The highest BCUT2D eigenvalue weighted by atomic mass is 16.4. The number of nitrogens with one attached hydrogen (secondary N) is 1. The van der Waals surface area contributed by atoms with Crippen LogP contribution in [0.1, 0.15) is 10.5 Å². The molecule has 0 radical (unpaired) electrons. The van der Waals surface area contributed by atoms with Gasteiger partial charge < -0.3 is 15.0 Å². The quantitative estimate of drug-likeness (QED) is 0.780. The summed E-state index contributed by atoms with van der Waals surface area (Å²) in [7, 11) is 0. The molecule has 0 atom stereocenters. The largest absolute Gasteiger partial charge is 0.476 e. The van der Waals surface area contributed by atoms with Crippen molar-refractivity contribution >= 4 is 11.8 Å². The number of carboxylic acid groups (broad SMARTS) is 1. The topological polar surface area (TPSA) is 92.9 Å². The molecule has 0 spiro atoms. The zero-order valence-corrected chi connectivity index (χ0v) is 8.95. The number of carboxylic acids is 1. The number of hydrogen-bond donors (Lipinski definition) is 2. The fraction of sp³-hybridized carbons (Fsp3) is 0.200. The summed E-state index contributed by atoms with van der Waals surface area (Å²) in [5.41, 5.74) is -0.0716. The van der Waals surface area contributed by atoms with E-state index in [0.717, 1.165) is 6.54 Å². The Labute approximate surface area is 97.2 Å². The number of hydrogen-bond acceptors (Lipinski definition) is 5. The first-order chi connectivity index (χ1) is 8.25. The van der Waals surface area contributed by atoms with Crippen LogP contribution >= 0.6 is 0 Å². The second-order valence-corrected chi connectivity index (χ2v) is 3.32. The van der Waals surface area contributed by atoms with Gasteiger partial charge in [-0.15, -0.1) is 0 Å². The van der Waals surface area contributed by atoms with E-state index in [2.05, 4.69) is 20.3 Å². The second-order valence-electron chi connectivity index (χ2n) is 3.32. The summed E-state index contributed by atoms with van der Waals surface area (Å²) >= 11 is 0. The minimum Gasteiger partial charge on any atom is -0.476 e. The standard InChI is InChI=1S/C10H11N5O2/c16-10(17)8-5-12-6-9(14-8)13-2-4-15-3-1-11-7-15/h1,3,5-7H,2,4H2,(H,13,14)(H,16,17). The highest BCUT2D eigenvalue weighted by molar-refractivity contribution is 5.85. The fourth-order valence-electron chi connectivity index (χ4n) is 1.29. The number of anilines is 1. The first-order valence-corrected chi connectivity index (χ1v) is 5.00. The van der Waals surface area contributed by atoms with Crippen LogP contribution in [-0.4, -0.2) is 37.1 Å². The normalized spacial score (nSPS) is 10.1. The van der Waals surface area contributed by atoms with Crippen LogP contribution in [0.5, 0.6) is 0 Å². The maximum absolute atomic E-state index is 10.7. The average molecular weight is 233 g/mol. The minimum atomic E-state index is -1.09. The number of imidazole rings is 1. The molecule has 88 valence electrons. The van der Waals surface area contributed by atoms with E-state index in [1.807, 2.05) is 10.8 Å². The summed E-state index contributed by atoms with van der Waals surface area (Å²) < 4.78 is 1.90. The Morgan fingerprint density at radius 3 is 3.00 bits per heavy atom. The first-order valence-electron chi connectivity index (χ1n) is 5.00. The molecule has 0 saturated carbocycles. The van der Waals surface area contributed by atoms with Crippen molar-refractivity contribution in [2.45, 2.75) is 6.54 Å². The Morgan fingerprint density at radius 2 is 2.29 bits per heavy atom. The zero-order valence-electron chi connectivity index (χ0n) is 8.95. The molecular formula is C10H11N5O2. The van der Waals surface area contributed by atoms with Gasteiger partial charge in [0, 0.05) is 25.5 Å². The summed E-state index contributed by atoms with van der Waals surface area (Å²) in [5.74, 6) is -0.638. The van der Waals surface area contributed by atoms with Gasteiger partial charge in [-0.1, -0.05) is 0 Å². The average Bonchev–Trinajstić information content (AvgIpc) is 2.82. The SMILES string of the molecule is O=C(O)c1cncc(NCCn2ccnc2)n1. The summed E-state index contributed by atoms with van der Waals surface area (Å²) in [6.07, 6.45) is 7.96. The van der Waals surface area contributed by atoms with Crippen molar-refractivity contribution < 1.29 is 9.90 Å². The molecule has 0 aliphatic heterocycles. The van der Waals surface area contributed by atoms with Crippen molar-refractivity contribution in [2.24, 2.45) is 0 Å². The van der Waals surface area contributed by atoms with Gasteiger partial charge in [0.25, 0.3) is 0 Å². The molecule has 2 aromatic heterocycles. The Balaban J connectivity index is 1.90. The molecule has 0 unspecified atom stereocenters. The molecule has 2 N–H and O–H groups in total. The Morgan fingerprint density at radius 1 is 1.41 bits per heavy atom. The summed E-state index contributed by atoms with van der Waals surface area (Å²) in [6, 6.07) is 0. The smallest absolute Gasteiger partial charge is 0.356 e. The first kappa shape index (κ1) is 11.1. The van der Waals surface area contributed by atoms with Crippen LogP contribution in [0.25, 0.3) is 0 Å². The van der Waals surface area contributed by atoms with Gasteiger partial charge in [0.2, 0.25) is 0 Å². The van der Waals surface area contributed by atoms with Crippen LogP contribution < -0.4 is 5.32 Å². The van der Waals surface area contributed by atoms with Crippen LogP contribution in [0.2, 0.25) is 0 Å². The molecule has 2 aromatic rings. The van der Waals surface area contributed by atoms with Gasteiger partial charge in [-0.3, -0.25) is 4.98 Å². The molecule has 0 aromatic carbocycles. The van der Waals surface area contributed by atoms with Gasteiger partial charge >= 0.3 is 5.97 Å². The van der Waals surface area contributed by atoms with Crippen molar-refractivity contribution in [3.63, 3.8) is 0 Å². The molecule has 0 amide bonds. The monoisotopic (exact) mass is 233 g/mol. The third-order valence-corrected chi connectivity index (χ3v) is 2.09. The van der Waals surface area contributed by atoms with E-state index in [0.29, 0.717) is 12.4 Å². The molecule has 2 heterocycles. The van der Waals surface area contributed by atoms with Gasteiger partial charge in [-0.05, 0) is 0 Å². The minimum absolute atomic E-state index is 0.0716. The number of rotatable bonds is 5. The summed E-state index contributed by atoms with van der Waals surface area (Å²) in [5, 5.41) is 11.7. The number of nitrogens with zero attached hydrogens (tertiary/aromatic N) is 4. The predicted molar refractivity (Wildman–Crippen MR) is 59.7 cm³/mol. The van der Waals surface area contributed by atoms with Crippen LogP contribution in [0, 0.1) is 0 Å². The van der Waals surface area contributed by atoms with Crippen molar-refractivity contribution in [3.8, 4) is 0 Å². The Bertz CT molecular complexity index is 497. The van der Waals surface area contributed by atoms with Crippen LogP contribution in [0.4, 0.5) is 5.82 Å². The molecule has 0 fully saturated rings. The van der Waals surface area contributed by atoms with Crippen molar-refractivity contribution in [1.29, 1.82) is 0 Å². The predicted octanol–water partition coefficient (Wildman–Crippen LogP) is 0.483. The lowest BCUT2D eigenvalue weighted by Gasteiger charge is -2.05. The van der Waals surface area contributed by atoms with E-state index in [1.54, 1.807) is 12.5 Å². The van der Waals surface area contributed by atoms with E-state index < -0.39 is 5.97 Å². The molecule has 0 bridgehead atoms. The maximum atomic E-state index is 10.7. The van der Waals surface area contributed by atoms with E-state index in [9.17, 15) is 4.79 Å². The summed E-state index contributed by atoms with van der Waals surface area (Å²) in [4.78, 5) is 22.3. The lowest BCUT2D eigenvalue weighted by Crippen LogP contribution is -2.12. The van der Waals surface area contributed by atoms with E-state index in [1.165, 1.54) is 12.4 Å². The van der Waals surface area contributed by atoms with Gasteiger partial charge in [0.05, 0.1) is 18.7 Å². The lowest BCUT2D eigenvalue weighted by molar-refractivity contribution is 0.0690. The van der Waals surface area contributed by atoms with Gasteiger partial charge in [-0.25, -0.2) is 14.8 Å². The summed E-state index contributed by atoms with van der Waals surface area (Å²) in [6.45, 7) is 1.34. The number of carbonyl (C=O) groups is 1. The highest BCUT2D eigenvalue weighted by Crippen LogP contribution is 2.01. The van der Waals surface area contributed by atoms with Gasteiger partial charge in [-0.2, -0.15) is 0 Å². The maximum Gasteiger partial charge on any atom is 0.356 e. The third-order valence-electron chi connectivity index (χ3n) is 2.09. The Hall–Kier alpha value is -2.44. The van der Waals surface area contributed by atoms with E-state index in [-0.39, 0.29) is 5.69 Å². The molecular weight excluding hydrogens is 222 g/mol. The van der Waals surface area contributed by atoms with Crippen molar-refractivity contribution in [3.05, 3.63) is 36.8 Å². The molecule has 0 aliphatic carbocycles. The molecule has 2 rings (SSSR count). The molecule has 17 heavy (non-hydrogen) atoms. The second kappa shape index (κ2) is 5.06. The van der Waals surface area contributed by atoms with Gasteiger partial charge in [0.15, 0.2) is 5.69 Å². The van der Waals surface area contributed by atoms with Crippen molar-refractivity contribution in [2.75, 3.05) is 11.9 Å². The van der Waals surface area contributed by atoms with Gasteiger partial charge in [0.1, 0.15) is 5.82 Å². The third kappa shape index (κ3) is 3.00. The van der Waals surface area contributed by atoms with Crippen molar-refractivity contribution in [1.82, 2.24) is 19.5 Å². The molecule has 7 nitrogen and oxygen atoms in total. The van der Waals surface area contributed by atoms with Crippen LogP contribution in [0.15, 0.2) is 31.1 Å². The molecule has 0 saturated heterocycles. The number of aromatic nitrogens is 4.